The fourth-order valence-corrected chi connectivity index (χ4v) is 2.63. The summed E-state index contributed by atoms with van der Waals surface area (Å²) in [6.45, 7) is 4.78. The molecule has 1 fully saturated rings. The molecule has 120 valence electrons. The molecule has 3 rings (SSSR count). The molecular weight excluding hydrogens is 290 g/mol. The first kappa shape index (κ1) is 15.3. The van der Waals surface area contributed by atoms with Crippen LogP contribution in [0.25, 0.3) is 0 Å². The summed E-state index contributed by atoms with van der Waals surface area (Å²) in [6.07, 6.45) is 2.55. The smallest absolute Gasteiger partial charge is 0.244 e. The van der Waals surface area contributed by atoms with Crippen molar-refractivity contribution in [3.8, 4) is 11.6 Å². The molecule has 2 aromatic rings. The van der Waals surface area contributed by atoms with E-state index in [2.05, 4.69) is 10.3 Å². The maximum absolute atomic E-state index is 12.0. The van der Waals surface area contributed by atoms with Gasteiger partial charge in [0.25, 0.3) is 0 Å². The number of nitrogens with one attached hydrogen (secondary N) is 1. The Morgan fingerprint density at radius 3 is 2.78 bits per heavy atom. The molecule has 1 aliphatic rings. The van der Waals surface area contributed by atoms with Crippen molar-refractivity contribution in [2.75, 3.05) is 18.9 Å². The van der Waals surface area contributed by atoms with Gasteiger partial charge in [-0.15, -0.1) is 0 Å². The molecule has 2 heterocycles. The number of amides is 1. The van der Waals surface area contributed by atoms with E-state index in [1.165, 1.54) is 0 Å². The molecule has 0 radical (unpaired) electrons. The summed E-state index contributed by atoms with van der Waals surface area (Å²) in [5.41, 5.74) is 3.00. The second kappa shape index (κ2) is 6.28. The van der Waals surface area contributed by atoms with Crippen LogP contribution in [0.3, 0.4) is 0 Å². The van der Waals surface area contributed by atoms with Gasteiger partial charge in [-0.05, 0) is 43.5 Å². The van der Waals surface area contributed by atoms with E-state index in [0.29, 0.717) is 5.88 Å². The van der Waals surface area contributed by atoms with Gasteiger partial charge in [0, 0.05) is 37.6 Å². The summed E-state index contributed by atoms with van der Waals surface area (Å²) >= 11 is 0. The van der Waals surface area contributed by atoms with E-state index in [4.69, 9.17) is 4.74 Å². The normalized spacial score (nSPS) is 17.4. The van der Waals surface area contributed by atoms with Gasteiger partial charge < -0.3 is 15.0 Å². The molecule has 1 N–H and O–H groups in total. The van der Waals surface area contributed by atoms with Gasteiger partial charge in [0.2, 0.25) is 11.8 Å². The Bertz CT molecular complexity index is 730. The number of carbonyl (C=O) groups excluding carboxylic acids is 1. The highest BCUT2D eigenvalue weighted by atomic mass is 16.5. The third-order valence-corrected chi connectivity index (χ3v) is 4.06. The zero-order valence-electron chi connectivity index (χ0n) is 13.7. The first-order valence-electron chi connectivity index (χ1n) is 7.75. The van der Waals surface area contributed by atoms with Crippen LogP contribution >= 0.6 is 0 Å². The lowest BCUT2D eigenvalue weighted by molar-refractivity contribution is -0.127. The number of rotatable bonds is 4. The highest BCUT2D eigenvalue weighted by Gasteiger charge is 2.28. The van der Waals surface area contributed by atoms with E-state index < -0.39 is 0 Å². The molecule has 5 heteroatoms. The predicted molar refractivity (Wildman–Crippen MR) is 89.9 cm³/mol. The van der Waals surface area contributed by atoms with Gasteiger partial charge in [0.1, 0.15) is 11.8 Å². The van der Waals surface area contributed by atoms with Crippen molar-refractivity contribution >= 4 is 11.6 Å². The molecule has 0 bridgehead atoms. The SMILES string of the molecule is Cc1ccnc(Oc2cc(NC3CCN(C)C3=O)ccc2C)c1. The molecule has 0 spiro atoms. The lowest BCUT2D eigenvalue weighted by Crippen LogP contribution is -2.30. The van der Waals surface area contributed by atoms with Crippen LogP contribution in [0.4, 0.5) is 5.69 Å². The maximum atomic E-state index is 12.0. The Morgan fingerprint density at radius 2 is 2.09 bits per heavy atom. The number of anilines is 1. The van der Waals surface area contributed by atoms with Crippen LogP contribution in [0, 0.1) is 13.8 Å². The molecule has 1 saturated heterocycles. The molecule has 1 aliphatic heterocycles. The highest BCUT2D eigenvalue weighted by molar-refractivity contribution is 5.86. The fraction of sp³-hybridized carbons (Fsp3) is 0.333. The van der Waals surface area contributed by atoms with Crippen LogP contribution in [0.15, 0.2) is 36.5 Å². The minimum atomic E-state index is -0.160. The van der Waals surface area contributed by atoms with Gasteiger partial charge in [-0.25, -0.2) is 4.98 Å². The van der Waals surface area contributed by atoms with E-state index in [1.807, 2.05) is 51.2 Å². The van der Waals surface area contributed by atoms with Crippen molar-refractivity contribution in [1.82, 2.24) is 9.88 Å². The number of hydrogen-bond donors (Lipinski definition) is 1. The van der Waals surface area contributed by atoms with E-state index in [1.54, 1.807) is 11.1 Å². The summed E-state index contributed by atoms with van der Waals surface area (Å²) < 4.78 is 5.90. The summed E-state index contributed by atoms with van der Waals surface area (Å²) in [7, 11) is 1.83. The first-order valence-corrected chi connectivity index (χ1v) is 7.75. The summed E-state index contributed by atoms with van der Waals surface area (Å²) in [5, 5.41) is 3.29. The van der Waals surface area contributed by atoms with Crippen LogP contribution < -0.4 is 10.1 Å². The molecule has 0 aliphatic carbocycles. The molecule has 1 unspecified atom stereocenters. The van der Waals surface area contributed by atoms with Crippen molar-refractivity contribution in [1.29, 1.82) is 0 Å². The number of hydrogen-bond acceptors (Lipinski definition) is 4. The highest BCUT2D eigenvalue weighted by Crippen LogP contribution is 2.28. The van der Waals surface area contributed by atoms with Crippen LogP contribution in [-0.2, 0) is 4.79 Å². The minimum absolute atomic E-state index is 0.133. The van der Waals surface area contributed by atoms with E-state index in [9.17, 15) is 4.79 Å². The molecule has 1 amide bonds. The molecular formula is C18H21N3O2. The molecule has 23 heavy (non-hydrogen) atoms. The third-order valence-electron chi connectivity index (χ3n) is 4.06. The Hall–Kier alpha value is -2.56. The topological polar surface area (TPSA) is 54.5 Å². The number of carbonyl (C=O) groups is 1. The van der Waals surface area contributed by atoms with Gasteiger partial charge >= 0.3 is 0 Å². The van der Waals surface area contributed by atoms with Gasteiger partial charge in [0.05, 0.1) is 0 Å². The van der Waals surface area contributed by atoms with Gasteiger partial charge in [0.15, 0.2) is 0 Å². The number of likely N-dealkylation sites (tertiary alicyclic amines) is 1. The first-order chi connectivity index (χ1) is 11.0. The molecule has 1 atom stereocenters. The summed E-state index contributed by atoms with van der Waals surface area (Å²) in [6, 6.07) is 9.54. The lowest BCUT2D eigenvalue weighted by Gasteiger charge is -2.15. The number of pyridine rings is 1. The summed E-state index contributed by atoms with van der Waals surface area (Å²) in [4.78, 5) is 18.0. The van der Waals surface area contributed by atoms with E-state index in [0.717, 1.165) is 35.5 Å². The second-order valence-electron chi connectivity index (χ2n) is 6.00. The quantitative estimate of drug-likeness (QED) is 0.942. The summed E-state index contributed by atoms with van der Waals surface area (Å²) in [5.74, 6) is 1.45. The number of aromatic nitrogens is 1. The van der Waals surface area contributed by atoms with Crippen molar-refractivity contribution in [2.45, 2.75) is 26.3 Å². The molecule has 1 aromatic carbocycles. The molecule has 0 saturated carbocycles. The van der Waals surface area contributed by atoms with Gasteiger partial charge in [-0.3, -0.25) is 4.79 Å². The van der Waals surface area contributed by atoms with Gasteiger partial charge in [-0.1, -0.05) is 6.07 Å². The Kier molecular flexibility index (Phi) is 4.19. The standard InChI is InChI=1S/C18H21N3O2/c1-12-6-8-19-17(10-12)23-16-11-14(5-4-13(16)2)20-15-7-9-21(3)18(15)22/h4-6,8,10-11,15,20H,7,9H2,1-3H3. The van der Waals surface area contributed by atoms with Crippen LogP contribution in [0.5, 0.6) is 11.6 Å². The average molecular weight is 311 g/mol. The number of aryl methyl sites for hydroxylation is 2. The number of nitrogens with zero attached hydrogens (tertiary/aromatic N) is 2. The fourth-order valence-electron chi connectivity index (χ4n) is 2.63. The van der Waals surface area contributed by atoms with Crippen molar-refractivity contribution in [2.24, 2.45) is 0 Å². The number of likely N-dealkylation sites (N-methyl/N-ethyl adjacent to an activating group) is 1. The Labute approximate surface area is 136 Å². The van der Waals surface area contributed by atoms with Crippen molar-refractivity contribution < 1.29 is 9.53 Å². The zero-order valence-corrected chi connectivity index (χ0v) is 13.7. The van der Waals surface area contributed by atoms with Crippen LogP contribution in [-0.4, -0.2) is 35.4 Å². The lowest BCUT2D eigenvalue weighted by atomic mass is 10.1. The monoisotopic (exact) mass is 311 g/mol. The molecule has 5 nitrogen and oxygen atoms in total. The number of benzene rings is 1. The maximum Gasteiger partial charge on any atom is 0.244 e. The van der Waals surface area contributed by atoms with Gasteiger partial charge in [-0.2, -0.15) is 0 Å². The molecule has 1 aromatic heterocycles. The largest absolute Gasteiger partial charge is 0.439 e. The van der Waals surface area contributed by atoms with Crippen LogP contribution in [0.1, 0.15) is 17.5 Å². The minimum Gasteiger partial charge on any atom is -0.439 e. The third kappa shape index (κ3) is 3.44. The zero-order chi connectivity index (χ0) is 16.4. The second-order valence-corrected chi connectivity index (χ2v) is 6.00. The average Bonchev–Trinajstić information content (AvgIpc) is 2.83. The Morgan fingerprint density at radius 1 is 1.26 bits per heavy atom. The predicted octanol–water partition coefficient (Wildman–Crippen LogP) is 3.13. The van der Waals surface area contributed by atoms with Crippen molar-refractivity contribution in [3.05, 3.63) is 47.7 Å². The van der Waals surface area contributed by atoms with Crippen LogP contribution in [0.2, 0.25) is 0 Å². The number of ether oxygens (including phenoxy) is 1. The van der Waals surface area contributed by atoms with E-state index in [-0.39, 0.29) is 11.9 Å². The van der Waals surface area contributed by atoms with E-state index >= 15 is 0 Å². The Balaban J connectivity index is 1.78. The van der Waals surface area contributed by atoms with Crippen molar-refractivity contribution in [3.63, 3.8) is 0 Å².